The van der Waals surface area contributed by atoms with Gasteiger partial charge in [0.25, 0.3) is 5.69 Å². The van der Waals surface area contributed by atoms with Crippen LogP contribution in [-0.4, -0.2) is 18.1 Å². The van der Waals surface area contributed by atoms with Crippen LogP contribution in [0.5, 0.6) is 11.5 Å². The summed E-state index contributed by atoms with van der Waals surface area (Å²) in [7, 11) is 0. The fraction of sp³-hybridized carbons (Fsp3) is 0.200. The minimum Gasteiger partial charge on any atom is -0.486 e. The molecule has 0 saturated carbocycles. The second-order valence-corrected chi connectivity index (χ2v) is 5.45. The molecule has 1 aliphatic heterocycles. The molecule has 0 fully saturated rings. The van der Waals surface area contributed by atoms with E-state index in [2.05, 4.69) is 0 Å². The summed E-state index contributed by atoms with van der Waals surface area (Å²) in [6.45, 7) is 0.876. The Kier molecular flexibility index (Phi) is 3.96. The minimum atomic E-state index is -0.383. The van der Waals surface area contributed by atoms with Crippen LogP contribution in [0.4, 0.5) is 5.69 Å². The first-order chi connectivity index (χ1) is 10.3. The molecule has 5 nitrogen and oxygen atoms in total. The SMILES string of the molecule is O=[N+]([O-])c1ccc2c(c1SCc1ccccc1)OCCO2. The Bertz CT molecular complexity index is 660. The standard InChI is InChI=1S/C15H13NO4S/c17-16(18)12-6-7-13-14(20-9-8-19-13)15(12)21-10-11-4-2-1-3-5-11/h1-7H,8-10H2. The van der Waals surface area contributed by atoms with Crippen LogP contribution in [0.25, 0.3) is 0 Å². The van der Waals surface area contributed by atoms with Crippen LogP contribution in [0.15, 0.2) is 47.4 Å². The molecule has 2 aromatic rings. The molecular weight excluding hydrogens is 290 g/mol. The zero-order valence-electron chi connectivity index (χ0n) is 11.2. The molecule has 108 valence electrons. The third-order valence-electron chi connectivity index (χ3n) is 3.07. The van der Waals surface area contributed by atoms with Gasteiger partial charge in [0.1, 0.15) is 18.1 Å². The van der Waals surface area contributed by atoms with Gasteiger partial charge in [-0.05, 0) is 11.6 Å². The van der Waals surface area contributed by atoms with Crippen molar-refractivity contribution in [2.75, 3.05) is 13.2 Å². The van der Waals surface area contributed by atoms with Gasteiger partial charge in [-0.3, -0.25) is 10.1 Å². The maximum Gasteiger partial charge on any atom is 0.286 e. The summed E-state index contributed by atoms with van der Waals surface area (Å²) in [5.74, 6) is 1.69. The molecule has 1 heterocycles. The monoisotopic (exact) mass is 303 g/mol. The molecule has 0 bridgehead atoms. The Morgan fingerprint density at radius 3 is 2.62 bits per heavy atom. The van der Waals surface area contributed by atoms with E-state index in [0.29, 0.717) is 35.4 Å². The minimum absolute atomic E-state index is 0.0557. The predicted octanol–water partition coefficient (Wildman–Crippen LogP) is 3.66. The van der Waals surface area contributed by atoms with Crippen molar-refractivity contribution in [1.82, 2.24) is 0 Å². The number of rotatable bonds is 4. The molecule has 6 heteroatoms. The normalized spacial score (nSPS) is 13.0. The lowest BCUT2D eigenvalue weighted by atomic mass is 10.2. The van der Waals surface area contributed by atoms with Crippen LogP contribution in [0, 0.1) is 10.1 Å². The largest absolute Gasteiger partial charge is 0.486 e. The molecule has 1 aliphatic rings. The third kappa shape index (κ3) is 2.95. The molecule has 0 radical (unpaired) electrons. The average molecular weight is 303 g/mol. The number of nitro benzene ring substituents is 1. The number of thioether (sulfide) groups is 1. The van der Waals surface area contributed by atoms with Crippen LogP contribution < -0.4 is 9.47 Å². The summed E-state index contributed by atoms with van der Waals surface area (Å²) in [6.07, 6.45) is 0. The van der Waals surface area contributed by atoms with Crippen molar-refractivity contribution >= 4 is 17.4 Å². The summed E-state index contributed by atoms with van der Waals surface area (Å²) in [6, 6.07) is 12.9. The Hall–Kier alpha value is -2.21. The van der Waals surface area contributed by atoms with Crippen molar-refractivity contribution in [2.45, 2.75) is 10.6 Å². The average Bonchev–Trinajstić information content (AvgIpc) is 2.53. The van der Waals surface area contributed by atoms with Gasteiger partial charge in [-0.2, -0.15) is 0 Å². The Morgan fingerprint density at radius 1 is 1.10 bits per heavy atom. The van der Waals surface area contributed by atoms with Crippen LogP contribution in [0.3, 0.4) is 0 Å². The topological polar surface area (TPSA) is 61.6 Å². The lowest BCUT2D eigenvalue weighted by molar-refractivity contribution is -0.387. The van der Waals surface area contributed by atoms with Gasteiger partial charge in [0.15, 0.2) is 11.5 Å². The fourth-order valence-electron chi connectivity index (χ4n) is 2.09. The van der Waals surface area contributed by atoms with E-state index >= 15 is 0 Å². The number of benzene rings is 2. The second-order valence-electron chi connectivity index (χ2n) is 4.47. The van der Waals surface area contributed by atoms with Crippen molar-refractivity contribution in [2.24, 2.45) is 0 Å². The highest BCUT2D eigenvalue weighted by atomic mass is 32.2. The predicted molar refractivity (Wildman–Crippen MR) is 80.1 cm³/mol. The maximum atomic E-state index is 11.2. The summed E-state index contributed by atoms with van der Waals surface area (Å²) >= 11 is 1.40. The van der Waals surface area contributed by atoms with E-state index in [1.54, 1.807) is 6.07 Å². The molecule has 0 amide bonds. The molecule has 0 spiro atoms. The number of hydrogen-bond acceptors (Lipinski definition) is 5. The summed E-state index contributed by atoms with van der Waals surface area (Å²) in [4.78, 5) is 11.4. The van der Waals surface area contributed by atoms with Crippen molar-refractivity contribution in [3.05, 3.63) is 58.1 Å². The molecule has 0 atom stereocenters. The van der Waals surface area contributed by atoms with Gasteiger partial charge >= 0.3 is 0 Å². The smallest absolute Gasteiger partial charge is 0.286 e. The van der Waals surface area contributed by atoms with Gasteiger partial charge in [-0.15, -0.1) is 11.8 Å². The highest BCUT2D eigenvalue weighted by Gasteiger charge is 2.25. The number of hydrogen-bond donors (Lipinski definition) is 0. The third-order valence-corrected chi connectivity index (χ3v) is 4.23. The zero-order valence-corrected chi connectivity index (χ0v) is 12.0. The van der Waals surface area contributed by atoms with Crippen LogP contribution >= 0.6 is 11.8 Å². The lowest BCUT2D eigenvalue weighted by Gasteiger charge is -2.20. The number of ether oxygens (including phenoxy) is 2. The Balaban J connectivity index is 1.93. The maximum absolute atomic E-state index is 11.2. The molecule has 0 aromatic heterocycles. The van der Waals surface area contributed by atoms with E-state index in [1.165, 1.54) is 17.8 Å². The summed E-state index contributed by atoms with van der Waals surface area (Å²) < 4.78 is 11.1. The number of nitrogens with zero attached hydrogens (tertiary/aromatic N) is 1. The van der Waals surface area contributed by atoms with E-state index in [0.717, 1.165) is 5.56 Å². The number of fused-ring (bicyclic) bond motifs is 1. The van der Waals surface area contributed by atoms with Gasteiger partial charge in [-0.25, -0.2) is 0 Å². The first kappa shape index (κ1) is 13.8. The highest BCUT2D eigenvalue weighted by molar-refractivity contribution is 7.98. The van der Waals surface area contributed by atoms with Gasteiger partial charge in [0.05, 0.1) is 4.92 Å². The van der Waals surface area contributed by atoms with Crippen molar-refractivity contribution in [3.63, 3.8) is 0 Å². The second kappa shape index (κ2) is 6.05. The highest BCUT2D eigenvalue weighted by Crippen LogP contribution is 2.45. The van der Waals surface area contributed by atoms with Gasteiger partial charge in [0, 0.05) is 11.8 Å². The van der Waals surface area contributed by atoms with E-state index in [9.17, 15) is 10.1 Å². The van der Waals surface area contributed by atoms with Gasteiger partial charge < -0.3 is 9.47 Å². The molecular formula is C15H13NO4S. The molecule has 0 unspecified atom stereocenters. The van der Waals surface area contributed by atoms with E-state index < -0.39 is 0 Å². The van der Waals surface area contributed by atoms with Crippen molar-refractivity contribution in [3.8, 4) is 11.5 Å². The molecule has 3 rings (SSSR count). The van der Waals surface area contributed by atoms with E-state index in [4.69, 9.17) is 9.47 Å². The lowest BCUT2D eigenvalue weighted by Crippen LogP contribution is -2.16. The first-order valence-corrected chi connectivity index (χ1v) is 7.48. The van der Waals surface area contributed by atoms with Crippen molar-refractivity contribution < 1.29 is 14.4 Å². The first-order valence-electron chi connectivity index (χ1n) is 6.49. The fourth-order valence-corrected chi connectivity index (χ4v) is 3.18. The summed E-state index contributed by atoms with van der Waals surface area (Å²) in [5.41, 5.74) is 1.16. The summed E-state index contributed by atoms with van der Waals surface area (Å²) in [5, 5.41) is 11.2. The van der Waals surface area contributed by atoms with Crippen LogP contribution in [0.2, 0.25) is 0 Å². The Labute approximate surface area is 126 Å². The Morgan fingerprint density at radius 2 is 1.86 bits per heavy atom. The van der Waals surface area contributed by atoms with Gasteiger partial charge in [0.2, 0.25) is 0 Å². The van der Waals surface area contributed by atoms with Crippen LogP contribution in [-0.2, 0) is 5.75 Å². The van der Waals surface area contributed by atoms with Crippen molar-refractivity contribution in [1.29, 1.82) is 0 Å². The van der Waals surface area contributed by atoms with E-state index in [1.807, 2.05) is 30.3 Å². The molecule has 0 aliphatic carbocycles. The quantitative estimate of drug-likeness (QED) is 0.490. The molecule has 0 saturated heterocycles. The molecule has 0 N–H and O–H groups in total. The van der Waals surface area contributed by atoms with Gasteiger partial charge in [-0.1, -0.05) is 30.3 Å². The molecule has 21 heavy (non-hydrogen) atoms. The van der Waals surface area contributed by atoms with E-state index in [-0.39, 0.29) is 10.6 Å². The zero-order chi connectivity index (χ0) is 14.7. The van der Waals surface area contributed by atoms with Crippen LogP contribution in [0.1, 0.15) is 5.56 Å². The molecule has 2 aromatic carbocycles. The number of nitro groups is 1.